The average molecular weight is 325 g/mol. The van der Waals surface area contributed by atoms with E-state index in [0.717, 1.165) is 4.47 Å². The molecule has 1 saturated heterocycles. The molecule has 1 aliphatic rings. The van der Waals surface area contributed by atoms with Crippen LogP contribution in [0, 0.1) is 17.2 Å². The van der Waals surface area contributed by atoms with Crippen LogP contribution in [0.15, 0.2) is 22.7 Å². The molecule has 0 amide bonds. The van der Waals surface area contributed by atoms with Gasteiger partial charge in [-0.25, -0.2) is 0 Å². The van der Waals surface area contributed by atoms with Gasteiger partial charge in [0, 0.05) is 11.5 Å². The summed E-state index contributed by atoms with van der Waals surface area (Å²) < 4.78 is 6.11. The molecule has 0 bridgehead atoms. The predicted octanol–water partition coefficient (Wildman–Crippen LogP) is 1.86. The first-order valence-electron chi connectivity index (χ1n) is 5.77. The van der Waals surface area contributed by atoms with Gasteiger partial charge in [-0.3, -0.25) is 4.79 Å². The Balaban J connectivity index is 2.34. The van der Waals surface area contributed by atoms with Crippen LogP contribution in [0.4, 0.5) is 5.69 Å². The highest BCUT2D eigenvalue weighted by atomic mass is 79.9. The Bertz CT molecular complexity index is 541. The number of likely N-dealkylation sites (N-methyl/N-ethyl adjacent to an activating group) is 1. The van der Waals surface area contributed by atoms with Gasteiger partial charge in [0.05, 0.1) is 30.5 Å². The van der Waals surface area contributed by atoms with Crippen LogP contribution in [-0.4, -0.2) is 37.4 Å². The van der Waals surface area contributed by atoms with E-state index >= 15 is 0 Å². The molecule has 6 heteroatoms. The lowest BCUT2D eigenvalue weighted by Crippen LogP contribution is -2.41. The topological polar surface area (TPSA) is 73.6 Å². The number of carboxylic acid groups (broad SMARTS) is 1. The quantitative estimate of drug-likeness (QED) is 0.918. The maximum absolute atomic E-state index is 11.2. The van der Waals surface area contributed by atoms with Crippen molar-refractivity contribution in [2.75, 3.05) is 25.2 Å². The first-order chi connectivity index (χ1) is 9.04. The molecule has 100 valence electrons. The van der Waals surface area contributed by atoms with Gasteiger partial charge in [-0.1, -0.05) is 15.9 Å². The van der Waals surface area contributed by atoms with Crippen molar-refractivity contribution >= 4 is 27.6 Å². The summed E-state index contributed by atoms with van der Waals surface area (Å²) in [5.74, 6) is -1.45. The largest absolute Gasteiger partial charge is 0.481 e. The van der Waals surface area contributed by atoms with E-state index in [1.165, 1.54) is 0 Å². The fraction of sp³-hybridized carbons (Fsp3) is 0.385. The van der Waals surface area contributed by atoms with Crippen LogP contribution in [0.1, 0.15) is 5.56 Å². The molecule has 1 N–H and O–H groups in total. The second-order valence-corrected chi connectivity index (χ2v) is 5.35. The third-order valence-corrected chi connectivity index (χ3v) is 3.82. The Morgan fingerprint density at radius 2 is 2.32 bits per heavy atom. The van der Waals surface area contributed by atoms with E-state index in [1.807, 2.05) is 11.0 Å². The van der Waals surface area contributed by atoms with Gasteiger partial charge in [0.15, 0.2) is 0 Å². The minimum atomic E-state index is -0.872. The van der Waals surface area contributed by atoms with E-state index in [0.29, 0.717) is 17.9 Å². The molecule has 1 aromatic rings. The summed E-state index contributed by atoms with van der Waals surface area (Å²) in [7, 11) is 1.79. The molecule has 1 heterocycles. The number of carboxylic acids is 1. The van der Waals surface area contributed by atoms with Crippen LogP contribution in [0.5, 0.6) is 0 Å². The monoisotopic (exact) mass is 324 g/mol. The molecule has 0 spiro atoms. The fourth-order valence-electron chi connectivity index (χ4n) is 2.23. The third kappa shape index (κ3) is 2.72. The van der Waals surface area contributed by atoms with Gasteiger partial charge in [-0.2, -0.15) is 5.26 Å². The zero-order valence-electron chi connectivity index (χ0n) is 10.3. The highest BCUT2D eigenvalue weighted by molar-refractivity contribution is 9.10. The molecule has 2 atom stereocenters. The van der Waals surface area contributed by atoms with Gasteiger partial charge in [0.1, 0.15) is 12.0 Å². The maximum Gasteiger partial charge on any atom is 0.311 e. The number of hydrogen-bond acceptors (Lipinski definition) is 4. The molecule has 2 rings (SSSR count). The molecule has 1 aromatic carbocycles. The number of aliphatic carboxylic acids is 1. The SMILES string of the molecule is CN(c1cc(Br)ccc1C#N)C1COCC1C(=O)O. The maximum atomic E-state index is 11.2. The number of ether oxygens (including phenoxy) is 1. The van der Waals surface area contributed by atoms with Crippen LogP contribution in [-0.2, 0) is 9.53 Å². The molecule has 0 saturated carbocycles. The number of nitrogens with zero attached hydrogens (tertiary/aromatic N) is 2. The normalized spacial score (nSPS) is 21.9. The van der Waals surface area contributed by atoms with Crippen LogP contribution >= 0.6 is 15.9 Å². The number of anilines is 1. The number of halogens is 1. The van der Waals surface area contributed by atoms with Crippen molar-refractivity contribution in [1.29, 1.82) is 5.26 Å². The number of nitriles is 1. The summed E-state index contributed by atoms with van der Waals surface area (Å²) in [5.41, 5.74) is 1.22. The number of rotatable bonds is 3. The number of benzene rings is 1. The van der Waals surface area contributed by atoms with Crippen molar-refractivity contribution in [1.82, 2.24) is 0 Å². The van der Waals surface area contributed by atoms with E-state index in [9.17, 15) is 9.90 Å². The van der Waals surface area contributed by atoms with Crippen LogP contribution in [0.3, 0.4) is 0 Å². The third-order valence-electron chi connectivity index (χ3n) is 3.33. The highest BCUT2D eigenvalue weighted by Crippen LogP contribution is 2.29. The minimum Gasteiger partial charge on any atom is -0.481 e. The predicted molar refractivity (Wildman–Crippen MR) is 73.0 cm³/mol. The first kappa shape index (κ1) is 13.8. The average Bonchev–Trinajstić information content (AvgIpc) is 2.87. The lowest BCUT2D eigenvalue weighted by atomic mass is 10.0. The van der Waals surface area contributed by atoms with Gasteiger partial charge >= 0.3 is 5.97 Å². The zero-order chi connectivity index (χ0) is 14.0. The van der Waals surface area contributed by atoms with Crippen LogP contribution < -0.4 is 4.90 Å². The van der Waals surface area contributed by atoms with Gasteiger partial charge < -0.3 is 14.7 Å². The van der Waals surface area contributed by atoms with E-state index in [-0.39, 0.29) is 12.6 Å². The van der Waals surface area contributed by atoms with Crippen molar-refractivity contribution in [2.24, 2.45) is 5.92 Å². The fourth-order valence-corrected chi connectivity index (χ4v) is 2.58. The van der Waals surface area contributed by atoms with Crippen molar-refractivity contribution < 1.29 is 14.6 Å². The Morgan fingerprint density at radius 3 is 2.95 bits per heavy atom. The van der Waals surface area contributed by atoms with Crippen LogP contribution in [0.2, 0.25) is 0 Å². The summed E-state index contributed by atoms with van der Waals surface area (Å²) in [6.45, 7) is 0.561. The number of hydrogen-bond donors (Lipinski definition) is 1. The van der Waals surface area contributed by atoms with Gasteiger partial charge in [0.2, 0.25) is 0 Å². The van der Waals surface area contributed by atoms with Crippen molar-refractivity contribution in [3.63, 3.8) is 0 Å². The molecular formula is C13H13BrN2O3. The Kier molecular flexibility index (Phi) is 4.08. The van der Waals surface area contributed by atoms with Gasteiger partial charge in [-0.15, -0.1) is 0 Å². The van der Waals surface area contributed by atoms with Crippen molar-refractivity contribution in [3.8, 4) is 6.07 Å². The first-order valence-corrected chi connectivity index (χ1v) is 6.57. The summed E-state index contributed by atoms with van der Waals surface area (Å²) in [4.78, 5) is 13.0. The lowest BCUT2D eigenvalue weighted by Gasteiger charge is -2.29. The summed E-state index contributed by atoms with van der Waals surface area (Å²) in [6, 6.07) is 7.17. The minimum absolute atomic E-state index is 0.209. The summed E-state index contributed by atoms with van der Waals surface area (Å²) in [6.07, 6.45) is 0. The Labute approximate surface area is 119 Å². The molecule has 19 heavy (non-hydrogen) atoms. The summed E-state index contributed by atoms with van der Waals surface area (Å²) >= 11 is 3.36. The van der Waals surface area contributed by atoms with E-state index in [2.05, 4.69) is 22.0 Å². The summed E-state index contributed by atoms with van der Waals surface area (Å²) in [5, 5.41) is 18.3. The Morgan fingerprint density at radius 1 is 1.58 bits per heavy atom. The molecule has 2 unspecified atom stereocenters. The molecular weight excluding hydrogens is 312 g/mol. The molecule has 1 aliphatic heterocycles. The highest BCUT2D eigenvalue weighted by Gasteiger charge is 2.37. The standard InChI is InChI=1S/C13H13BrN2O3/c1-16(12-7-19-6-10(12)13(17)18)11-4-9(14)3-2-8(11)5-15/h2-4,10,12H,6-7H2,1H3,(H,17,18). The second-order valence-electron chi connectivity index (χ2n) is 4.43. The van der Waals surface area contributed by atoms with E-state index in [1.54, 1.807) is 19.2 Å². The molecule has 1 fully saturated rings. The smallest absolute Gasteiger partial charge is 0.311 e. The van der Waals surface area contributed by atoms with E-state index in [4.69, 9.17) is 10.00 Å². The van der Waals surface area contributed by atoms with E-state index < -0.39 is 11.9 Å². The molecule has 5 nitrogen and oxygen atoms in total. The number of carbonyl (C=O) groups is 1. The molecule has 0 aliphatic carbocycles. The van der Waals surface area contributed by atoms with Crippen molar-refractivity contribution in [2.45, 2.75) is 6.04 Å². The lowest BCUT2D eigenvalue weighted by molar-refractivity contribution is -0.141. The van der Waals surface area contributed by atoms with Gasteiger partial charge in [0.25, 0.3) is 0 Å². The van der Waals surface area contributed by atoms with Crippen LogP contribution in [0.25, 0.3) is 0 Å². The zero-order valence-corrected chi connectivity index (χ0v) is 11.9. The second kappa shape index (κ2) is 5.59. The van der Waals surface area contributed by atoms with Crippen molar-refractivity contribution in [3.05, 3.63) is 28.2 Å². The van der Waals surface area contributed by atoms with Gasteiger partial charge in [-0.05, 0) is 18.2 Å². The molecule has 0 aromatic heterocycles. The molecule has 0 radical (unpaired) electrons. The Hall–Kier alpha value is -1.58.